The number of amides is 2. The third kappa shape index (κ3) is 3.32. The quantitative estimate of drug-likeness (QED) is 0.911. The Morgan fingerprint density at radius 1 is 1.25 bits per heavy atom. The van der Waals surface area contributed by atoms with Crippen molar-refractivity contribution in [3.05, 3.63) is 29.8 Å². The summed E-state index contributed by atoms with van der Waals surface area (Å²) < 4.78 is 41.5. The van der Waals surface area contributed by atoms with Gasteiger partial charge in [-0.3, -0.25) is 9.59 Å². The van der Waals surface area contributed by atoms with Crippen molar-refractivity contribution in [2.75, 3.05) is 6.54 Å². The first-order valence-electron chi connectivity index (χ1n) is 7.72. The van der Waals surface area contributed by atoms with E-state index in [1.807, 2.05) is 0 Å². The number of hydrogen-bond acceptors (Lipinski definition) is 3. The van der Waals surface area contributed by atoms with Gasteiger partial charge in [-0.15, -0.1) is 13.2 Å². The number of rotatable bonds is 4. The Kier molecular flexibility index (Phi) is 4.15. The van der Waals surface area contributed by atoms with E-state index in [2.05, 4.69) is 4.74 Å². The zero-order valence-corrected chi connectivity index (χ0v) is 12.8. The van der Waals surface area contributed by atoms with Gasteiger partial charge < -0.3 is 15.4 Å². The molecule has 1 saturated heterocycles. The van der Waals surface area contributed by atoms with Crippen molar-refractivity contribution in [2.45, 2.75) is 37.6 Å². The first kappa shape index (κ1) is 16.6. The fraction of sp³-hybridized carbons (Fsp3) is 0.500. The van der Waals surface area contributed by atoms with Crippen LogP contribution in [0.15, 0.2) is 24.3 Å². The lowest BCUT2D eigenvalue weighted by atomic mass is 10.1. The lowest BCUT2D eigenvalue weighted by Gasteiger charge is -2.22. The van der Waals surface area contributed by atoms with E-state index in [1.165, 1.54) is 23.1 Å². The van der Waals surface area contributed by atoms with Gasteiger partial charge in [0.15, 0.2) is 0 Å². The predicted octanol–water partition coefficient (Wildman–Crippen LogP) is 2.17. The second kappa shape index (κ2) is 5.99. The maximum atomic E-state index is 12.6. The Morgan fingerprint density at radius 3 is 2.62 bits per heavy atom. The van der Waals surface area contributed by atoms with E-state index >= 15 is 0 Å². The zero-order valence-electron chi connectivity index (χ0n) is 12.8. The van der Waals surface area contributed by atoms with Crippen molar-refractivity contribution in [3.8, 4) is 5.75 Å². The summed E-state index contributed by atoms with van der Waals surface area (Å²) in [5.41, 5.74) is 5.67. The summed E-state index contributed by atoms with van der Waals surface area (Å²) >= 11 is 0. The maximum absolute atomic E-state index is 12.6. The summed E-state index contributed by atoms with van der Waals surface area (Å²) in [5, 5.41) is 0. The fourth-order valence-electron chi connectivity index (χ4n) is 3.36. The summed E-state index contributed by atoms with van der Waals surface area (Å²) in [6.07, 6.45) is -3.10. The normalized spacial score (nSPS) is 26.3. The molecule has 1 aromatic rings. The highest BCUT2D eigenvalue weighted by molar-refractivity contribution is 5.90. The lowest BCUT2D eigenvalue weighted by Crippen LogP contribution is -2.44. The van der Waals surface area contributed by atoms with Crippen molar-refractivity contribution in [1.82, 2.24) is 4.90 Å². The molecule has 8 heteroatoms. The highest BCUT2D eigenvalue weighted by atomic mass is 19.4. The minimum absolute atomic E-state index is 0.219. The number of likely N-dealkylation sites (tertiary alicyclic amines) is 1. The number of primary amides is 1. The molecule has 0 spiro atoms. The number of carbonyl (C=O) groups excluding carboxylic acids is 2. The van der Waals surface area contributed by atoms with E-state index in [1.54, 1.807) is 6.07 Å². The molecule has 2 amide bonds. The molecule has 1 saturated carbocycles. The van der Waals surface area contributed by atoms with Crippen LogP contribution in [0.2, 0.25) is 0 Å². The van der Waals surface area contributed by atoms with Crippen LogP contribution >= 0.6 is 0 Å². The van der Waals surface area contributed by atoms with Crippen molar-refractivity contribution in [2.24, 2.45) is 11.7 Å². The Morgan fingerprint density at radius 2 is 1.96 bits per heavy atom. The van der Waals surface area contributed by atoms with Gasteiger partial charge in [-0.1, -0.05) is 18.2 Å². The van der Waals surface area contributed by atoms with E-state index in [9.17, 15) is 22.8 Å². The molecule has 130 valence electrons. The van der Waals surface area contributed by atoms with Crippen LogP contribution < -0.4 is 10.5 Å². The van der Waals surface area contributed by atoms with E-state index in [-0.39, 0.29) is 17.6 Å². The van der Waals surface area contributed by atoms with Gasteiger partial charge in [-0.05, 0) is 36.8 Å². The van der Waals surface area contributed by atoms with Crippen molar-refractivity contribution >= 4 is 11.8 Å². The molecule has 5 nitrogen and oxygen atoms in total. The first-order valence-corrected chi connectivity index (χ1v) is 7.72. The highest BCUT2D eigenvalue weighted by Gasteiger charge is 2.49. The Bertz CT molecular complexity index is 662. The van der Waals surface area contributed by atoms with E-state index < -0.39 is 24.2 Å². The maximum Gasteiger partial charge on any atom is 0.573 e. The van der Waals surface area contributed by atoms with E-state index in [4.69, 9.17) is 5.73 Å². The van der Waals surface area contributed by atoms with Crippen LogP contribution in [0.1, 0.15) is 30.7 Å². The van der Waals surface area contributed by atoms with Gasteiger partial charge in [0.25, 0.3) is 0 Å². The number of nitrogens with zero attached hydrogens (tertiary/aromatic N) is 1. The molecule has 2 N–H and O–H groups in total. The number of nitrogens with two attached hydrogens (primary N) is 1. The van der Waals surface area contributed by atoms with Crippen LogP contribution in [-0.2, 0) is 9.59 Å². The predicted molar refractivity (Wildman–Crippen MR) is 77.9 cm³/mol. The van der Waals surface area contributed by atoms with Crippen LogP contribution in [0.4, 0.5) is 13.2 Å². The lowest BCUT2D eigenvalue weighted by molar-refractivity contribution is -0.274. The van der Waals surface area contributed by atoms with Gasteiger partial charge in [-0.2, -0.15) is 0 Å². The van der Waals surface area contributed by atoms with Gasteiger partial charge in [-0.25, -0.2) is 0 Å². The summed E-state index contributed by atoms with van der Waals surface area (Å²) in [6.45, 7) is 0.455. The monoisotopic (exact) mass is 342 g/mol. The summed E-state index contributed by atoms with van der Waals surface area (Å²) in [4.78, 5) is 25.4. The largest absolute Gasteiger partial charge is 0.573 e. The first-order chi connectivity index (χ1) is 11.3. The summed E-state index contributed by atoms with van der Waals surface area (Å²) in [6, 6.07) is 5.23. The third-order valence-corrected chi connectivity index (χ3v) is 4.52. The van der Waals surface area contributed by atoms with E-state index in [0.29, 0.717) is 31.4 Å². The van der Waals surface area contributed by atoms with Gasteiger partial charge >= 0.3 is 6.36 Å². The molecule has 0 bridgehead atoms. The van der Waals surface area contributed by atoms with Crippen LogP contribution in [0.5, 0.6) is 5.75 Å². The molecule has 3 rings (SSSR count). The number of hydrogen-bond donors (Lipinski definition) is 1. The number of alkyl halides is 3. The fourth-order valence-corrected chi connectivity index (χ4v) is 3.36. The molecule has 2 aliphatic rings. The number of ether oxygens (including phenoxy) is 1. The Labute approximate surface area is 136 Å². The molecule has 1 heterocycles. The minimum atomic E-state index is -4.78. The molecule has 3 atom stereocenters. The van der Waals surface area contributed by atoms with Crippen LogP contribution in [0.3, 0.4) is 0 Å². The standard InChI is InChI=1S/C16H17F3N2O3/c17-16(18,19)24-13-6-2-1-4-9(13)10-8-11(10)15(23)21-7-3-5-12(21)14(20)22/h1-2,4,6,10-12H,3,5,7-8H2,(H2,20,22)/t10-,11-,12-/m0/s1. The van der Waals surface area contributed by atoms with Gasteiger partial charge in [0.05, 0.1) is 0 Å². The molecule has 1 aliphatic heterocycles. The molecule has 0 radical (unpaired) electrons. The van der Waals surface area contributed by atoms with Gasteiger partial charge in [0.1, 0.15) is 11.8 Å². The average molecular weight is 342 g/mol. The van der Waals surface area contributed by atoms with Crippen molar-refractivity contribution in [1.29, 1.82) is 0 Å². The summed E-state index contributed by atoms with van der Waals surface area (Å²) in [7, 11) is 0. The molecule has 24 heavy (non-hydrogen) atoms. The average Bonchev–Trinajstić information content (AvgIpc) is 3.12. The Balaban J connectivity index is 1.74. The topological polar surface area (TPSA) is 72.6 Å². The minimum Gasteiger partial charge on any atom is -0.405 e. The smallest absolute Gasteiger partial charge is 0.405 e. The zero-order chi connectivity index (χ0) is 17.5. The number of benzene rings is 1. The second-order valence-corrected chi connectivity index (χ2v) is 6.13. The van der Waals surface area contributed by atoms with Crippen LogP contribution in [-0.4, -0.2) is 35.7 Å². The van der Waals surface area contributed by atoms with Gasteiger partial charge in [0, 0.05) is 12.5 Å². The number of para-hydroxylation sites is 1. The Hall–Kier alpha value is -2.25. The highest BCUT2D eigenvalue weighted by Crippen LogP contribution is 2.52. The third-order valence-electron chi connectivity index (χ3n) is 4.52. The SMILES string of the molecule is NC(=O)[C@@H]1CCCN1C(=O)[C@H]1C[C@H]1c1ccccc1OC(F)(F)F. The van der Waals surface area contributed by atoms with Crippen LogP contribution in [0, 0.1) is 5.92 Å². The molecule has 0 aromatic heterocycles. The van der Waals surface area contributed by atoms with Gasteiger partial charge in [0.2, 0.25) is 11.8 Å². The second-order valence-electron chi connectivity index (χ2n) is 6.13. The molecule has 1 aromatic carbocycles. The molecular weight excluding hydrogens is 325 g/mol. The van der Waals surface area contributed by atoms with Crippen molar-refractivity contribution < 1.29 is 27.5 Å². The van der Waals surface area contributed by atoms with Crippen LogP contribution in [0.25, 0.3) is 0 Å². The van der Waals surface area contributed by atoms with E-state index in [0.717, 1.165) is 0 Å². The van der Waals surface area contributed by atoms with Crippen molar-refractivity contribution in [3.63, 3.8) is 0 Å². The summed E-state index contributed by atoms with van der Waals surface area (Å²) in [5.74, 6) is -1.80. The molecule has 2 fully saturated rings. The molecule has 1 aliphatic carbocycles. The molecular formula is C16H17F3N2O3. The number of carbonyl (C=O) groups is 2. The molecule has 0 unspecified atom stereocenters. The number of halogens is 3.